The number of anilines is 1. The van der Waals surface area contributed by atoms with Gasteiger partial charge >= 0.3 is 0 Å². The van der Waals surface area contributed by atoms with E-state index in [4.69, 9.17) is 5.73 Å². The Morgan fingerprint density at radius 3 is 2.56 bits per heavy atom. The van der Waals surface area contributed by atoms with E-state index in [1.165, 1.54) is 23.5 Å². The minimum atomic E-state index is -3.76. The lowest BCUT2D eigenvalue weighted by Gasteiger charge is -2.18. The third-order valence-corrected chi connectivity index (χ3v) is 7.51. The molecule has 1 aromatic carbocycles. The summed E-state index contributed by atoms with van der Waals surface area (Å²) in [6.07, 6.45) is 2.53. The van der Waals surface area contributed by atoms with E-state index in [-0.39, 0.29) is 4.90 Å². The normalized spacial score (nSPS) is 16.6. The van der Waals surface area contributed by atoms with E-state index in [0.717, 1.165) is 35.3 Å². The van der Waals surface area contributed by atoms with E-state index >= 15 is 0 Å². The second kappa shape index (κ2) is 7.44. The van der Waals surface area contributed by atoms with Crippen molar-refractivity contribution in [3.8, 4) is 0 Å². The number of amides is 2. The van der Waals surface area contributed by atoms with Gasteiger partial charge in [-0.3, -0.25) is 9.59 Å². The number of sulfone groups is 1. The summed E-state index contributed by atoms with van der Waals surface area (Å²) >= 11 is 1.32. The molecule has 0 radical (unpaired) electrons. The van der Waals surface area contributed by atoms with Gasteiger partial charge in [-0.25, -0.2) is 8.42 Å². The summed E-state index contributed by atoms with van der Waals surface area (Å²) in [7, 11) is -3.76. The lowest BCUT2D eigenvalue weighted by Crippen LogP contribution is -2.24. The molecule has 0 saturated carbocycles. The summed E-state index contributed by atoms with van der Waals surface area (Å²) in [5.41, 5.74) is 7.67. The Labute approximate surface area is 162 Å². The maximum Gasteiger partial charge on any atom is 0.251 e. The molecule has 144 valence electrons. The predicted molar refractivity (Wildman–Crippen MR) is 106 cm³/mol. The average Bonchev–Trinajstić information content (AvgIpc) is 2.91. The van der Waals surface area contributed by atoms with Gasteiger partial charge in [0.1, 0.15) is 10.8 Å². The summed E-state index contributed by atoms with van der Waals surface area (Å²) in [6, 6.07) is 6.34. The second-order valence-electron chi connectivity index (χ2n) is 7.04. The van der Waals surface area contributed by atoms with Crippen LogP contribution in [0, 0.1) is 12.8 Å². The number of carbonyl (C=O) groups excluding carboxylic acids is 2. The molecule has 0 fully saturated rings. The molecule has 3 rings (SSSR count). The van der Waals surface area contributed by atoms with Crippen molar-refractivity contribution in [2.45, 2.75) is 38.0 Å². The van der Waals surface area contributed by atoms with Gasteiger partial charge in [0.05, 0.1) is 10.5 Å². The first kappa shape index (κ1) is 19.6. The third-order valence-electron chi connectivity index (χ3n) is 4.71. The van der Waals surface area contributed by atoms with E-state index in [1.807, 2.05) is 6.92 Å². The van der Waals surface area contributed by atoms with Crippen molar-refractivity contribution in [1.29, 1.82) is 0 Å². The Morgan fingerprint density at radius 2 is 1.93 bits per heavy atom. The van der Waals surface area contributed by atoms with Gasteiger partial charge in [0.25, 0.3) is 5.91 Å². The lowest BCUT2D eigenvalue weighted by molar-refractivity contribution is -0.113. The molecule has 6 nitrogen and oxygen atoms in total. The Kier molecular flexibility index (Phi) is 5.39. The standard InChI is InChI=1S/C19H22N2O4S2/c1-11-3-6-13(7-4-11)27(24,25)10-16(22)21-19-17(18(20)23)14-8-5-12(2)9-15(14)26-19/h3-4,6-7,12H,5,8-10H2,1-2H3,(H2,20,23)(H,21,22)/t12-/m1/s1. The van der Waals surface area contributed by atoms with E-state index in [9.17, 15) is 18.0 Å². The molecular weight excluding hydrogens is 384 g/mol. The van der Waals surface area contributed by atoms with Crippen LogP contribution < -0.4 is 11.1 Å². The fourth-order valence-corrected chi connectivity index (χ4v) is 5.83. The first-order valence-corrected chi connectivity index (χ1v) is 11.2. The van der Waals surface area contributed by atoms with Crippen molar-refractivity contribution in [3.63, 3.8) is 0 Å². The zero-order chi connectivity index (χ0) is 19.8. The predicted octanol–water partition coefficient (Wildman–Crippen LogP) is 2.69. The Morgan fingerprint density at radius 1 is 1.26 bits per heavy atom. The molecule has 1 aromatic heterocycles. The van der Waals surface area contributed by atoms with Crippen LogP contribution in [0.5, 0.6) is 0 Å². The van der Waals surface area contributed by atoms with Crippen molar-refractivity contribution in [1.82, 2.24) is 0 Å². The number of rotatable bonds is 5. The molecule has 0 bridgehead atoms. The van der Waals surface area contributed by atoms with Crippen LogP contribution in [0.3, 0.4) is 0 Å². The summed E-state index contributed by atoms with van der Waals surface area (Å²) < 4.78 is 24.9. The molecule has 3 N–H and O–H groups in total. The number of carbonyl (C=O) groups is 2. The van der Waals surface area contributed by atoms with Gasteiger partial charge in [0, 0.05) is 4.88 Å². The average molecular weight is 407 g/mol. The van der Waals surface area contributed by atoms with E-state index in [2.05, 4.69) is 12.2 Å². The number of aryl methyl sites for hydroxylation is 1. The van der Waals surface area contributed by atoms with E-state index < -0.39 is 27.4 Å². The second-order valence-corrected chi connectivity index (χ2v) is 10.1. The van der Waals surface area contributed by atoms with E-state index in [1.54, 1.807) is 12.1 Å². The highest BCUT2D eigenvalue weighted by atomic mass is 32.2. The molecule has 1 heterocycles. The van der Waals surface area contributed by atoms with Crippen molar-refractivity contribution in [2.75, 3.05) is 11.1 Å². The molecule has 0 aliphatic heterocycles. The molecule has 2 amide bonds. The van der Waals surface area contributed by atoms with Crippen molar-refractivity contribution in [3.05, 3.63) is 45.8 Å². The molecule has 0 unspecified atom stereocenters. The van der Waals surface area contributed by atoms with Crippen LogP contribution in [0.4, 0.5) is 5.00 Å². The fourth-order valence-electron chi connectivity index (χ4n) is 3.26. The van der Waals surface area contributed by atoms with Gasteiger partial charge in [-0.1, -0.05) is 24.6 Å². The van der Waals surface area contributed by atoms with E-state index in [0.29, 0.717) is 16.5 Å². The van der Waals surface area contributed by atoms with Gasteiger partial charge in [0.15, 0.2) is 9.84 Å². The van der Waals surface area contributed by atoms with Crippen LogP contribution in [-0.4, -0.2) is 26.0 Å². The summed E-state index contributed by atoms with van der Waals surface area (Å²) in [6.45, 7) is 3.99. The largest absolute Gasteiger partial charge is 0.365 e. The highest BCUT2D eigenvalue weighted by Crippen LogP contribution is 2.39. The number of thiophene rings is 1. The quantitative estimate of drug-likeness (QED) is 0.796. The van der Waals surface area contributed by atoms with Crippen LogP contribution in [0.2, 0.25) is 0 Å². The zero-order valence-electron chi connectivity index (χ0n) is 15.2. The number of hydrogen-bond acceptors (Lipinski definition) is 5. The molecular formula is C19H22N2O4S2. The molecule has 0 spiro atoms. The van der Waals surface area contributed by atoms with Gasteiger partial charge in [0.2, 0.25) is 5.91 Å². The monoisotopic (exact) mass is 406 g/mol. The molecule has 27 heavy (non-hydrogen) atoms. The fraction of sp³-hybridized carbons (Fsp3) is 0.368. The smallest absolute Gasteiger partial charge is 0.251 e. The van der Waals surface area contributed by atoms with Crippen LogP contribution in [0.1, 0.15) is 39.7 Å². The van der Waals surface area contributed by atoms with Gasteiger partial charge < -0.3 is 11.1 Å². The zero-order valence-corrected chi connectivity index (χ0v) is 16.9. The number of nitrogens with one attached hydrogen (secondary N) is 1. The molecule has 0 saturated heterocycles. The third kappa shape index (κ3) is 4.22. The number of nitrogens with two attached hydrogens (primary N) is 1. The van der Waals surface area contributed by atoms with Gasteiger partial charge in [-0.05, 0) is 49.8 Å². The SMILES string of the molecule is Cc1ccc(S(=O)(=O)CC(=O)Nc2sc3c(c2C(N)=O)CC[C@@H](C)C3)cc1. The number of primary amides is 1. The molecule has 1 aliphatic rings. The maximum absolute atomic E-state index is 12.5. The Hall–Kier alpha value is -2.19. The number of fused-ring (bicyclic) bond motifs is 1. The molecule has 8 heteroatoms. The van der Waals surface area contributed by atoms with Crippen molar-refractivity contribution < 1.29 is 18.0 Å². The molecule has 1 aliphatic carbocycles. The lowest BCUT2D eigenvalue weighted by atomic mass is 9.88. The van der Waals surface area contributed by atoms with Gasteiger partial charge in [-0.2, -0.15) is 0 Å². The number of hydrogen-bond donors (Lipinski definition) is 2. The highest BCUT2D eigenvalue weighted by Gasteiger charge is 2.28. The van der Waals surface area contributed by atoms with Crippen LogP contribution in [0.15, 0.2) is 29.2 Å². The first-order chi connectivity index (χ1) is 12.7. The maximum atomic E-state index is 12.5. The Bertz CT molecular complexity index is 991. The van der Waals surface area contributed by atoms with Crippen molar-refractivity contribution >= 4 is 38.0 Å². The van der Waals surface area contributed by atoms with Crippen LogP contribution in [-0.2, 0) is 27.5 Å². The highest BCUT2D eigenvalue weighted by molar-refractivity contribution is 7.92. The van der Waals surface area contributed by atoms with Crippen LogP contribution in [0.25, 0.3) is 0 Å². The molecule has 2 aromatic rings. The Balaban J connectivity index is 1.82. The summed E-state index contributed by atoms with van der Waals surface area (Å²) in [5, 5.41) is 2.95. The topological polar surface area (TPSA) is 106 Å². The van der Waals surface area contributed by atoms with Gasteiger partial charge in [-0.15, -0.1) is 11.3 Å². The van der Waals surface area contributed by atoms with Crippen LogP contribution >= 0.6 is 11.3 Å². The minimum absolute atomic E-state index is 0.0951. The first-order valence-electron chi connectivity index (χ1n) is 8.71. The molecule has 1 atom stereocenters. The summed E-state index contributed by atoms with van der Waals surface area (Å²) in [5.74, 6) is -1.46. The minimum Gasteiger partial charge on any atom is -0.365 e. The number of benzene rings is 1. The summed E-state index contributed by atoms with van der Waals surface area (Å²) in [4.78, 5) is 25.4. The van der Waals surface area contributed by atoms with Crippen molar-refractivity contribution in [2.24, 2.45) is 11.7 Å².